The zero-order valence-corrected chi connectivity index (χ0v) is 23.2. The standard InChI is InChI=1S/C25H25N3O4.C5H9F2N/c1-4-25(9-5-10-25)27-24(30)22-16(3)31-21-12-18(6-7-19(21)22)32-20-8-11-26-28-13-17(14-29)15(2)23(20)28;1-8-2-4(3-8)5(6)7/h6-8,11-14H,4-5,9-10H2,1-3H3,(H,27,30);4-5H,2-3H2,1H3. The lowest BCUT2D eigenvalue weighted by molar-refractivity contribution is -0.0118. The molecule has 2 fully saturated rings. The Labute approximate surface area is 231 Å². The van der Waals surface area contributed by atoms with Crippen molar-refractivity contribution in [3.05, 3.63) is 59.1 Å². The van der Waals surface area contributed by atoms with E-state index in [2.05, 4.69) is 17.3 Å². The molecule has 1 saturated carbocycles. The summed E-state index contributed by atoms with van der Waals surface area (Å²) in [6.07, 6.45) is 6.13. The second-order valence-electron chi connectivity index (χ2n) is 10.9. The number of carbonyl (C=O) groups is 2. The summed E-state index contributed by atoms with van der Waals surface area (Å²) in [5.74, 6) is 1.31. The number of ether oxygens (including phenoxy) is 1. The van der Waals surface area contributed by atoms with E-state index in [-0.39, 0.29) is 17.4 Å². The molecule has 4 heterocycles. The van der Waals surface area contributed by atoms with Crippen molar-refractivity contribution >= 4 is 28.7 Å². The molecule has 0 atom stereocenters. The van der Waals surface area contributed by atoms with Crippen LogP contribution in [0.15, 0.2) is 41.1 Å². The smallest absolute Gasteiger partial charge is 0.255 e. The maximum atomic E-state index is 13.1. The van der Waals surface area contributed by atoms with Crippen molar-refractivity contribution in [3.63, 3.8) is 0 Å². The maximum Gasteiger partial charge on any atom is 0.255 e. The van der Waals surface area contributed by atoms with Gasteiger partial charge in [0.2, 0.25) is 6.43 Å². The van der Waals surface area contributed by atoms with Crippen molar-refractivity contribution in [3.8, 4) is 11.5 Å². The number of rotatable bonds is 7. The third-order valence-electron chi connectivity index (χ3n) is 8.16. The van der Waals surface area contributed by atoms with Gasteiger partial charge in [-0.25, -0.2) is 13.3 Å². The minimum atomic E-state index is -2.11. The zero-order valence-electron chi connectivity index (χ0n) is 23.2. The van der Waals surface area contributed by atoms with Gasteiger partial charge in [-0.3, -0.25) is 9.59 Å². The van der Waals surface area contributed by atoms with E-state index < -0.39 is 6.43 Å². The van der Waals surface area contributed by atoms with Gasteiger partial charge in [0.25, 0.3) is 5.91 Å². The molecule has 40 heavy (non-hydrogen) atoms. The van der Waals surface area contributed by atoms with Crippen LogP contribution in [0.1, 0.15) is 64.6 Å². The number of hydrogen-bond acceptors (Lipinski definition) is 6. The summed E-state index contributed by atoms with van der Waals surface area (Å²) in [5, 5.41) is 8.26. The fraction of sp³-hybridized carbons (Fsp3) is 0.433. The van der Waals surface area contributed by atoms with Crippen molar-refractivity contribution in [2.24, 2.45) is 5.92 Å². The first-order chi connectivity index (χ1) is 19.1. The molecule has 2 aliphatic rings. The molecule has 8 nitrogen and oxygen atoms in total. The molecule has 0 radical (unpaired) electrons. The highest BCUT2D eigenvalue weighted by molar-refractivity contribution is 6.07. The van der Waals surface area contributed by atoms with E-state index >= 15 is 0 Å². The maximum absolute atomic E-state index is 13.1. The fourth-order valence-corrected chi connectivity index (χ4v) is 5.50. The first-order valence-corrected chi connectivity index (χ1v) is 13.6. The monoisotopic (exact) mass is 552 g/mol. The molecule has 1 aromatic carbocycles. The summed E-state index contributed by atoms with van der Waals surface area (Å²) >= 11 is 0. The Morgan fingerprint density at radius 1 is 1.27 bits per heavy atom. The second-order valence-corrected chi connectivity index (χ2v) is 10.9. The molecule has 6 rings (SSSR count). The molecule has 0 spiro atoms. The summed E-state index contributed by atoms with van der Waals surface area (Å²) in [4.78, 5) is 26.2. The van der Waals surface area contributed by atoms with E-state index in [1.807, 2.05) is 37.9 Å². The Bertz CT molecular complexity index is 1540. The number of furan rings is 1. The molecule has 1 amide bonds. The molecular formula is C30H34F2N4O4. The van der Waals surface area contributed by atoms with Crippen LogP contribution in [0.2, 0.25) is 0 Å². The summed E-state index contributed by atoms with van der Waals surface area (Å²) in [7, 11) is 1.85. The molecule has 1 aliphatic heterocycles. The number of benzene rings is 1. The lowest BCUT2D eigenvalue weighted by Gasteiger charge is -2.42. The van der Waals surface area contributed by atoms with Gasteiger partial charge in [0.1, 0.15) is 22.6 Å². The van der Waals surface area contributed by atoms with Gasteiger partial charge in [0.15, 0.2) is 12.0 Å². The van der Waals surface area contributed by atoms with Crippen molar-refractivity contribution in [1.82, 2.24) is 19.8 Å². The number of likely N-dealkylation sites (tertiary alicyclic amines) is 1. The van der Waals surface area contributed by atoms with Gasteiger partial charge in [0.05, 0.1) is 11.8 Å². The van der Waals surface area contributed by atoms with E-state index in [9.17, 15) is 18.4 Å². The molecule has 10 heteroatoms. The van der Waals surface area contributed by atoms with Crippen molar-refractivity contribution in [1.29, 1.82) is 0 Å². The molecule has 4 aromatic rings. The van der Waals surface area contributed by atoms with E-state index in [4.69, 9.17) is 9.15 Å². The lowest BCUT2D eigenvalue weighted by atomic mass is 9.74. The minimum absolute atomic E-state index is 0.0850. The number of amides is 1. The molecule has 1 N–H and O–H groups in total. The number of nitrogens with one attached hydrogen (secondary N) is 1. The number of nitrogens with zero attached hydrogens (tertiary/aromatic N) is 3. The van der Waals surface area contributed by atoms with Crippen LogP contribution in [0.3, 0.4) is 0 Å². The predicted molar refractivity (Wildman–Crippen MR) is 148 cm³/mol. The molecule has 1 aliphatic carbocycles. The first kappa shape index (κ1) is 27.8. The first-order valence-electron chi connectivity index (χ1n) is 13.6. The second kappa shape index (κ2) is 11.0. The highest BCUT2D eigenvalue weighted by Crippen LogP contribution is 2.37. The van der Waals surface area contributed by atoms with Crippen molar-refractivity contribution < 1.29 is 27.5 Å². The molecule has 212 valence electrons. The Balaban J connectivity index is 0.000000348. The van der Waals surface area contributed by atoms with Crippen LogP contribution in [-0.2, 0) is 0 Å². The van der Waals surface area contributed by atoms with Crippen LogP contribution in [-0.4, -0.2) is 58.8 Å². The third kappa shape index (κ3) is 5.20. The number of hydrogen-bond donors (Lipinski definition) is 1. The van der Waals surface area contributed by atoms with Crippen molar-refractivity contribution in [2.45, 2.75) is 58.4 Å². The molecule has 0 bridgehead atoms. The SMILES string of the molecule is CCC1(NC(=O)c2c(C)oc3cc(Oc4ccnn5cc(C=O)c(C)c45)ccc23)CCC1.CN1CC(C(F)F)C1. The average molecular weight is 553 g/mol. The van der Waals surface area contributed by atoms with Crippen LogP contribution >= 0.6 is 0 Å². The van der Waals surface area contributed by atoms with Gasteiger partial charge in [-0.05, 0) is 64.3 Å². The highest BCUT2D eigenvalue weighted by atomic mass is 19.3. The Kier molecular flexibility index (Phi) is 7.63. The van der Waals surface area contributed by atoms with E-state index in [1.165, 1.54) is 0 Å². The summed E-state index contributed by atoms with van der Waals surface area (Å²) in [6, 6.07) is 7.22. The van der Waals surface area contributed by atoms with E-state index in [1.54, 1.807) is 29.0 Å². The van der Waals surface area contributed by atoms with Gasteiger partial charge in [0, 0.05) is 53.8 Å². The Morgan fingerprint density at radius 2 is 2.02 bits per heavy atom. The number of aromatic nitrogens is 2. The van der Waals surface area contributed by atoms with Gasteiger partial charge >= 0.3 is 0 Å². The quantitative estimate of drug-likeness (QED) is 0.276. The van der Waals surface area contributed by atoms with Gasteiger partial charge in [-0.2, -0.15) is 5.10 Å². The summed E-state index contributed by atoms with van der Waals surface area (Å²) in [6.45, 7) is 6.93. The van der Waals surface area contributed by atoms with Crippen LogP contribution in [0.4, 0.5) is 8.78 Å². The fourth-order valence-electron chi connectivity index (χ4n) is 5.50. The largest absolute Gasteiger partial charge is 0.460 e. The van der Waals surface area contributed by atoms with E-state index in [0.29, 0.717) is 47.1 Å². The number of alkyl halides is 2. The van der Waals surface area contributed by atoms with Crippen LogP contribution in [0.25, 0.3) is 16.5 Å². The number of aryl methyl sites for hydroxylation is 2. The predicted octanol–water partition coefficient (Wildman–Crippen LogP) is 6.18. The van der Waals surface area contributed by atoms with Crippen LogP contribution in [0, 0.1) is 19.8 Å². The topological polar surface area (TPSA) is 89.1 Å². The number of fused-ring (bicyclic) bond motifs is 2. The number of halogens is 2. The van der Waals surface area contributed by atoms with Crippen molar-refractivity contribution in [2.75, 3.05) is 20.1 Å². The van der Waals surface area contributed by atoms with Gasteiger partial charge in [-0.15, -0.1) is 0 Å². The average Bonchev–Trinajstić information content (AvgIpc) is 3.40. The minimum Gasteiger partial charge on any atom is -0.460 e. The molecular weight excluding hydrogens is 518 g/mol. The van der Waals surface area contributed by atoms with Crippen LogP contribution in [0.5, 0.6) is 11.5 Å². The highest BCUT2D eigenvalue weighted by Gasteiger charge is 2.37. The lowest BCUT2D eigenvalue weighted by Crippen LogP contribution is -2.53. The third-order valence-corrected chi connectivity index (χ3v) is 8.16. The van der Waals surface area contributed by atoms with Gasteiger partial charge < -0.3 is 19.4 Å². The molecule has 1 saturated heterocycles. The normalized spacial score (nSPS) is 16.8. The Morgan fingerprint density at radius 3 is 2.60 bits per heavy atom. The van der Waals surface area contributed by atoms with Crippen LogP contribution < -0.4 is 10.1 Å². The van der Waals surface area contributed by atoms with E-state index in [0.717, 1.165) is 48.4 Å². The Hall–Kier alpha value is -3.79. The summed E-state index contributed by atoms with van der Waals surface area (Å²) < 4.78 is 37.0. The number of aldehydes is 1. The van der Waals surface area contributed by atoms with Gasteiger partial charge in [-0.1, -0.05) is 6.92 Å². The number of carbonyl (C=O) groups excluding carboxylic acids is 2. The molecule has 0 unspecified atom stereocenters. The summed E-state index contributed by atoms with van der Waals surface area (Å²) in [5.41, 5.74) is 3.19. The molecule has 3 aromatic heterocycles. The zero-order chi connectivity index (χ0) is 28.6.